The maximum absolute atomic E-state index is 13.1. The molecular weight excluding hydrogens is 462 g/mol. The van der Waals surface area contributed by atoms with Crippen LogP contribution in [-0.4, -0.2) is 35.1 Å². The third-order valence-corrected chi connectivity index (χ3v) is 11.9. The number of aliphatic hydroxyl groups is 1. The van der Waals surface area contributed by atoms with Crippen molar-refractivity contribution in [2.24, 2.45) is 45.7 Å². The lowest BCUT2D eigenvalue weighted by Gasteiger charge is -2.68. The summed E-state index contributed by atoms with van der Waals surface area (Å²) in [6, 6.07) is -0.0887. The predicted octanol–water partition coefficient (Wildman–Crippen LogP) is 6.14. The highest BCUT2D eigenvalue weighted by Crippen LogP contribution is 2.74. The van der Waals surface area contributed by atoms with Gasteiger partial charge in [0.15, 0.2) is 5.78 Å². The smallest absolute Gasteiger partial charge is 0.303 e. The highest BCUT2D eigenvalue weighted by atomic mass is 16.5. The molecule has 4 saturated carbocycles. The molecule has 208 valence electrons. The lowest BCUT2D eigenvalue weighted by molar-refractivity contribution is -0.201. The largest absolute Gasteiger partial charge is 0.458 e. The number of carbonyl (C=O) groups is 2. The zero-order valence-electron chi connectivity index (χ0n) is 24.5. The molecule has 0 unspecified atom stereocenters. The first-order valence-corrected chi connectivity index (χ1v) is 14.7. The third kappa shape index (κ3) is 4.46. The molecule has 0 aromatic rings. The fraction of sp³-hybridized carbons (Fsp3) is 0.812. The molecule has 5 nitrogen and oxygen atoms in total. The molecule has 0 radical (unpaired) electrons. The summed E-state index contributed by atoms with van der Waals surface area (Å²) in [6.07, 6.45) is 8.76. The van der Waals surface area contributed by atoms with Crippen LogP contribution in [0.4, 0.5) is 0 Å². The summed E-state index contributed by atoms with van der Waals surface area (Å²) >= 11 is 0. The Balaban J connectivity index is 1.82. The number of ketones is 1. The molecule has 0 spiro atoms. The van der Waals surface area contributed by atoms with E-state index >= 15 is 0 Å². The summed E-state index contributed by atoms with van der Waals surface area (Å²) < 4.78 is 6.02. The van der Waals surface area contributed by atoms with Gasteiger partial charge in [-0.15, -0.1) is 0 Å². The van der Waals surface area contributed by atoms with Gasteiger partial charge in [0.1, 0.15) is 6.10 Å². The fourth-order valence-corrected chi connectivity index (χ4v) is 9.95. The molecule has 0 aromatic heterocycles. The number of fused-ring (bicyclic) bond motifs is 5. The number of esters is 1. The number of carbonyl (C=O) groups excluding carboxylic acids is 2. The van der Waals surface area contributed by atoms with Gasteiger partial charge in [-0.05, 0) is 117 Å². The molecule has 5 heteroatoms. The minimum absolute atomic E-state index is 0.0166. The van der Waals surface area contributed by atoms with Crippen LogP contribution in [-0.2, 0) is 14.3 Å². The number of hydrogen-bond donors (Lipinski definition) is 2. The first-order chi connectivity index (χ1) is 17.2. The quantitative estimate of drug-likeness (QED) is 0.262. The van der Waals surface area contributed by atoms with Gasteiger partial charge in [-0.25, -0.2) is 0 Å². The van der Waals surface area contributed by atoms with E-state index < -0.39 is 6.10 Å². The molecule has 0 aromatic carbocycles. The first kappa shape index (κ1) is 28.5. The number of rotatable bonds is 5. The highest BCUT2D eigenvalue weighted by molar-refractivity contribution is 5.94. The normalized spacial score (nSPS) is 46.3. The molecule has 0 heterocycles. The van der Waals surface area contributed by atoms with Crippen molar-refractivity contribution in [3.05, 3.63) is 22.8 Å². The molecule has 0 aliphatic heterocycles. The van der Waals surface area contributed by atoms with Gasteiger partial charge in [0, 0.05) is 18.9 Å². The Bertz CT molecular complexity index is 995. The maximum atomic E-state index is 13.1. The van der Waals surface area contributed by atoms with Gasteiger partial charge in [-0.3, -0.25) is 9.59 Å². The van der Waals surface area contributed by atoms with E-state index in [1.54, 1.807) is 6.92 Å². The number of ether oxygens (including phenoxy) is 1. The van der Waals surface area contributed by atoms with E-state index in [9.17, 15) is 14.7 Å². The summed E-state index contributed by atoms with van der Waals surface area (Å²) in [7, 11) is 0. The maximum Gasteiger partial charge on any atom is 0.303 e. The summed E-state index contributed by atoms with van der Waals surface area (Å²) in [5.74, 6) is 1.04. The van der Waals surface area contributed by atoms with E-state index in [0.29, 0.717) is 24.2 Å². The van der Waals surface area contributed by atoms with E-state index in [2.05, 4.69) is 47.6 Å². The van der Waals surface area contributed by atoms with Crippen molar-refractivity contribution >= 4 is 11.8 Å². The topological polar surface area (TPSA) is 89.6 Å². The second-order valence-corrected chi connectivity index (χ2v) is 14.0. The van der Waals surface area contributed by atoms with Crippen molar-refractivity contribution in [3.63, 3.8) is 0 Å². The van der Waals surface area contributed by atoms with Gasteiger partial charge in [-0.2, -0.15) is 0 Å². The van der Waals surface area contributed by atoms with Crippen LogP contribution in [0.3, 0.4) is 0 Å². The Morgan fingerprint density at radius 1 is 1.08 bits per heavy atom. The van der Waals surface area contributed by atoms with Crippen molar-refractivity contribution in [2.75, 3.05) is 0 Å². The number of hydrogen-bond acceptors (Lipinski definition) is 5. The van der Waals surface area contributed by atoms with E-state index in [4.69, 9.17) is 10.5 Å². The zero-order chi connectivity index (χ0) is 27.5. The Morgan fingerprint density at radius 3 is 2.35 bits per heavy atom. The summed E-state index contributed by atoms with van der Waals surface area (Å²) in [5, 5.41) is 10.7. The molecular formula is C32H51NO4. The van der Waals surface area contributed by atoms with Gasteiger partial charge in [0.05, 0.1) is 6.10 Å². The van der Waals surface area contributed by atoms with Crippen molar-refractivity contribution in [1.82, 2.24) is 0 Å². The van der Waals surface area contributed by atoms with Crippen molar-refractivity contribution in [3.8, 4) is 0 Å². The third-order valence-electron chi connectivity index (χ3n) is 11.9. The molecule has 4 aliphatic carbocycles. The van der Waals surface area contributed by atoms with Gasteiger partial charge < -0.3 is 15.6 Å². The number of nitrogens with two attached hydrogens (primary N) is 1. The lowest BCUT2D eigenvalue weighted by atomic mass is 9.36. The van der Waals surface area contributed by atoms with Crippen LogP contribution in [0.15, 0.2) is 22.8 Å². The molecule has 10 atom stereocenters. The van der Waals surface area contributed by atoms with Crippen LogP contribution in [0.1, 0.15) is 107 Å². The van der Waals surface area contributed by atoms with Crippen LogP contribution in [0.2, 0.25) is 0 Å². The van der Waals surface area contributed by atoms with Gasteiger partial charge >= 0.3 is 5.97 Å². The molecule has 4 fully saturated rings. The lowest BCUT2D eigenvalue weighted by Crippen LogP contribution is -2.65. The average molecular weight is 514 g/mol. The molecule has 37 heavy (non-hydrogen) atoms. The van der Waals surface area contributed by atoms with Crippen molar-refractivity contribution in [1.29, 1.82) is 0 Å². The van der Waals surface area contributed by atoms with Crippen molar-refractivity contribution < 1.29 is 19.4 Å². The summed E-state index contributed by atoms with van der Waals surface area (Å²) in [6.45, 7) is 16.8. The Labute approximate surface area is 224 Å². The van der Waals surface area contributed by atoms with E-state index in [0.717, 1.165) is 56.1 Å². The zero-order valence-corrected chi connectivity index (χ0v) is 24.5. The minimum Gasteiger partial charge on any atom is -0.458 e. The van der Waals surface area contributed by atoms with Gasteiger partial charge in [-0.1, -0.05) is 39.3 Å². The number of aliphatic hydroxyl groups excluding tert-OH is 1. The minimum atomic E-state index is -0.391. The Kier molecular flexibility index (Phi) is 7.66. The first-order valence-electron chi connectivity index (χ1n) is 14.7. The molecule has 4 rings (SSSR count). The highest BCUT2D eigenvalue weighted by Gasteiger charge is 2.70. The predicted molar refractivity (Wildman–Crippen MR) is 148 cm³/mol. The molecule has 0 bridgehead atoms. The fourth-order valence-electron chi connectivity index (χ4n) is 9.95. The van der Waals surface area contributed by atoms with E-state index in [-0.39, 0.29) is 46.1 Å². The van der Waals surface area contributed by atoms with Crippen LogP contribution >= 0.6 is 0 Å². The second-order valence-electron chi connectivity index (χ2n) is 14.0. The Hall–Kier alpha value is -1.46. The molecule has 0 amide bonds. The number of allylic oxidation sites excluding steroid dienone is 3. The van der Waals surface area contributed by atoms with Crippen molar-refractivity contribution in [2.45, 2.75) is 125 Å². The van der Waals surface area contributed by atoms with Gasteiger partial charge in [0.2, 0.25) is 0 Å². The summed E-state index contributed by atoms with van der Waals surface area (Å²) in [5.41, 5.74) is 10.2. The second kappa shape index (κ2) is 9.93. The van der Waals surface area contributed by atoms with E-state index in [1.165, 1.54) is 12.5 Å². The standard InChI is InChI=1S/C32H51NO4/c1-18(2)10-9-11-22(20(4)34)28-26(37-21(5)35)17-32(8)29(28)24(33)16-27-30(6)14-13-25(36)19(3)23(30)12-15-31(27,32)7/h10,19,23-27,29,36H,9,11-17,33H2,1-8H3/b28-22+/t19-,23-,24-,25+,26-,27-,29-,30-,31-,32-/m0/s1. The molecule has 0 saturated heterocycles. The van der Waals surface area contributed by atoms with Crippen LogP contribution in [0.25, 0.3) is 0 Å². The molecule has 4 aliphatic rings. The summed E-state index contributed by atoms with van der Waals surface area (Å²) in [4.78, 5) is 25.4. The van der Waals surface area contributed by atoms with Crippen LogP contribution < -0.4 is 5.73 Å². The SMILES string of the molecule is CC(=O)O[C@H]1C[C@@]2(C)[C@H](/C1=C(\CCC=C(C)C)C(C)=O)[C@@H](N)C[C@H]1[C@@]3(C)CC[C@@H](O)[C@@H](C)[C@@H]3CC[C@@]12C. The molecule has 3 N–H and O–H groups in total. The van der Waals surface area contributed by atoms with Crippen LogP contribution in [0, 0.1) is 39.9 Å². The Morgan fingerprint density at radius 2 is 1.76 bits per heavy atom. The number of Topliss-reactive ketones (excluding diaryl/α,β-unsaturated/α-hetero) is 1. The van der Waals surface area contributed by atoms with E-state index in [1.807, 2.05) is 0 Å². The van der Waals surface area contributed by atoms with Crippen LogP contribution in [0.5, 0.6) is 0 Å². The average Bonchev–Trinajstić information content (AvgIpc) is 3.08. The monoisotopic (exact) mass is 513 g/mol. The van der Waals surface area contributed by atoms with Gasteiger partial charge in [0.25, 0.3) is 0 Å².